The molecule has 0 aromatic carbocycles. The number of unbranched alkanes of at least 4 members (excludes halogenated alkanes) is 5. The van der Waals surface area contributed by atoms with E-state index < -0.39 is 18.2 Å². The Morgan fingerprint density at radius 1 is 0.882 bits per heavy atom. The second kappa shape index (κ2) is 8.27. The lowest BCUT2D eigenvalue weighted by Crippen LogP contribution is -2.18. The highest BCUT2D eigenvalue weighted by molar-refractivity contribution is 7.85. The summed E-state index contributed by atoms with van der Waals surface area (Å²) in [7, 11) is -4.08. The molecule has 0 unspecified atom stereocenters. The Kier molecular flexibility index (Phi) is 8.33. The molecule has 0 atom stereocenters. The van der Waals surface area contributed by atoms with Crippen molar-refractivity contribution >= 4 is 18.2 Å². The van der Waals surface area contributed by atoms with Crippen molar-refractivity contribution in [2.45, 2.75) is 64.2 Å². The number of hydrogen-bond donors (Lipinski definition) is 0. The van der Waals surface area contributed by atoms with E-state index in [9.17, 15) is 8.42 Å². The third kappa shape index (κ3) is 16.1. The Morgan fingerprint density at radius 3 is 1.82 bits per heavy atom. The highest BCUT2D eigenvalue weighted by atomic mass is 32.2. The molecule has 0 heterocycles. The molecule has 0 saturated carbocycles. The zero-order valence-electron chi connectivity index (χ0n) is 11.8. The molecule has 0 bridgehead atoms. The zero-order valence-corrected chi connectivity index (χ0v) is 13.6. The van der Waals surface area contributed by atoms with Gasteiger partial charge in [-0.1, -0.05) is 57.8 Å². The molecule has 0 aliphatic heterocycles. The molecule has 5 heteroatoms. The summed E-state index contributed by atoms with van der Waals surface area (Å²) in [5.74, 6) is 0. The summed E-state index contributed by atoms with van der Waals surface area (Å²) < 4.78 is 26.0. The third-order valence-electron chi connectivity index (χ3n) is 2.62. The zero-order chi connectivity index (χ0) is 13.4. The van der Waals surface area contributed by atoms with Gasteiger partial charge in [-0.25, -0.2) is 0 Å². The summed E-state index contributed by atoms with van der Waals surface area (Å²) in [6, 6.07) is 1.42. The van der Waals surface area contributed by atoms with Crippen molar-refractivity contribution in [3.8, 4) is 0 Å². The first-order valence-electron chi connectivity index (χ1n) is 6.55. The van der Waals surface area contributed by atoms with E-state index in [2.05, 4.69) is 23.8 Å². The summed E-state index contributed by atoms with van der Waals surface area (Å²) >= 11 is 0. The molecule has 0 N–H and O–H groups in total. The molecule has 0 amide bonds. The molecule has 0 spiro atoms. The molecular weight excluding hydrogens is 252 g/mol. The summed E-state index contributed by atoms with van der Waals surface area (Å²) in [5.41, 5.74) is 0. The van der Waals surface area contributed by atoms with E-state index in [1.807, 2.05) is 0 Å². The third-order valence-corrected chi connectivity index (χ3v) is 5.07. The molecule has 0 saturated heterocycles. The highest BCUT2D eigenvalue weighted by Gasteiger charge is 2.11. The largest absolute Gasteiger partial charge is 0.270 e. The lowest BCUT2D eigenvalue weighted by Gasteiger charge is -2.14. The van der Waals surface area contributed by atoms with E-state index in [4.69, 9.17) is 0 Å². The standard InChI is InChI=1S/C12H28O3SSi/c1-16(13,14)15-11-9-7-5-6-8-10-12-17(2,3)4/h5-12H2,1-4H3. The van der Waals surface area contributed by atoms with Crippen molar-refractivity contribution in [1.29, 1.82) is 0 Å². The molecule has 0 aromatic heterocycles. The van der Waals surface area contributed by atoms with Crippen molar-refractivity contribution in [2.24, 2.45) is 0 Å². The molecule has 17 heavy (non-hydrogen) atoms. The van der Waals surface area contributed by atoms with Gasteiger partial charge in [-0.15, -0.1) is 0 Å². The average molecular weight is 281 g/mol. The van der Waals surface area contributed by atoms with Crippen LogP contribution in [0.4, 0.5) is 0 Å². The van der Waals surface area contributed by atoms with E-state index in [-0.39, 0.29) is 0 Å². The van der Waals surface area contributed by atoms with Gasteiger partial charge in [0.1, 0.15) is 0 Å². The predicted molar refractivity (Wildman–Crippen MR) is 76.7 cm³/mol. The second-order valence-electron chi connectivity index (χ2n) is 5.96. The van der Waals surface area contributed by atoms with Crippen molar-refractivity contribution < 1.29 is 12.6 Å². The first-order chi connectivity index (χ1) is 7.71. The molecule has 0 rings (SSSR count). The Bertz CT molecular complexity index is 281. The molecule has 104 valence electrons. The molecule has 0 aliphatic carbocycles. The van der Waals surface area contributed by atoms with Crippen LogP contribution in [0.25, 0.3) is 0 Å². The summed E-state index contributed by atoms with van der Waals surface area (Å²) in [4.78, 5) is 0. The predicted octanol–water partition coefficient (Wildman–Crippen LogP) is 3.64. The molecule has 0 aliphatic rings. The van der Waals surface area contributed by atoms with E-state index in [1.165, 1.54) is 31.7 Å². The van der Waals surface area contributed by atoms with E-state index >= 15 is 0 Å². The van der Waals surface area contributed by atoms with Crippen LogP contribution in [0.5, 0.6) is 0 Å². The van der Waals surface area contributed by atoms with Crippen molar-refractivity contribution in [3.05, 3.63) is 0 Å². The topological polar surface area (TPSA) is 43.4 Å². The normalized spacial score (nSPS) is 12.9. The first-order valence-corrected chi connectivity index (χ1v) is 12.1. The maximum atomic E-state index is 10.7. The van der Waals surface area contributed by atoms with Gasteiger partial charge in [0.2, 0.25) is 0 Å². The Hall–Kier alpha value is 0.127. The Balaban J connectivity index is 3.20. The van der Waals surface area contributed by atoms with Crippen LogP contribution >= 0.6 is 0 Å². The Labute approximate surface area is 108 Å². The van der Waals surface area contributed by atoms with Crippen molar-refractivity contribution in [1.82, 2.24) is 0 Å². The van der Waals surface area contributed by atoms with Gasteiger partial charge in [-0.2, -0.15) is 8.42 Å². The van der Waals surface area contributed by atoms with E-state index in [1.54, 1.807) is 0 Å². The van der Waals surface area contributed by atoms with Gasteiger partial charge in [0.15, 0.2) is 0 Å². The van der Waals surface area contributed by atoms with Crippen LogP contribution in [0.1, 0.15) is 38.5 Å². The van der Waals surface area contributed by atoms with Crippen molar-refractivity contribution in [2.75, 3.05) is 12.9 Å². The van der Waals surface area contributed by atoms with E-state index in [0.29, 0.717) is 6.61 Å². The Morgan fingerprint density at radius 2 is 1.35 bits per heavy atom. The van der Waals surface area contributed by atoms with Crippen LogP contribution < -0.4 is 0 Å². The SMILES string of the molecule is C[Si](C)(C)CCCCCCCCOS(C)(=O)=O. The van der Waals surface area contributed by atoms with Crippen LogP contribution in [0.3, 0.4) is 0 Å². The maximum absolute atomic E-state index is 10.7. The minimum absolute atomic E-state index is 0.341. The summed E-state index contributed by atoms with van der Waals surface area (Å²) in [5, 5.41) is 0. The lowest BCUT2D eigenvalue weighted by molar-refractivity contribution is 0.309. The number of rotatable bonds is 10. The van der Waals surface area contributed by atoms with Gasteiger partial charge < -0.3 is 0 Å². The molecule has 0 aromatic rings. The van der Waals surface area contributed by atoms with Gasteiger partial charge in [0, 0.05) is 8.07 Å². The van der Waals surface area contributed by atoms with E-state index in [0.717, 1.165) is 19.1 Å². The molecular formula is C12H28O3SSi. The lowest BCUT2D eigenvalue weighted by atomic mass is 10.1. The van der Waals surface area contributed by atoms with Gasteiger partial charge in [-0.05, 0) is 6.42 Å². The quantitative estimate of drug-likeness (QED) is 0.348. The summed E-state index contributed by atoms with van der Waals surface area (Å²) in [6.45, 7) is 7.58. The highest BCUT2D eigenvalue weighted by Crippen LogP contribution is 2.15. The van der Waals surface area contributed by atoms with Crippen LogP contribution in [0.15, 0.2) is 0 Å². The van der Waals surface area contributed by atoms with Gasteiger partial charge in [-0.3, -0.25) is 4.18 Å². The van der Waals surface area contributed by atoms with Crippen molar-refractivity contribution in [3.63, 3.8) is 0 Å². The minimum Gasteiger partial charge on any atom is -0.270 e. The van der Waals surface area contributed by atoms with Crippen LogP contribution in [-0.4, -0.2) is 29.4 Å². The van der Waals surface area contributed by atoms with Crippen LogP contribution in [0, 0.1) is 0 Å². The minimum atomic E-state index is -3.24. The van der Waals surface area contributed by atoms with Gasteiger partial charge in [0.05, 0.1) is 12.9 Å². The molecule has 3 nitrogen and oxygen atoms in total. The fourth-order valence-electron chi connectivity index (χ4n) is 1.67. The van der Waals surface area contributed by atoms with Gasteiger partial charge >= 0.3 is 0 Å². The summed E-state index contributed by atoms with van der Waals surface area (Å²) in [6.07, 6.45) is 8.15. The number of hydrogen-bond acceptors (Lipinski definition) is 3. The fraction of sp³-hybridized carbons (Fsp3) is 1.00. The second-order valence-corrected chi connectivity index (χ2v) is 13.2. The fourth-order valence-corrected chi connectivity index (χ4v) is 3.41. The van der Waals surface area contributed by atoms with Crippen LogP contribution in [-0.2, 0) is 14.3 Å². The monoisotopic (exact) mass is 280 g/mol. The molecule has 0 radical (unpaired) electrons. The average Bonchev–Trinajstić information content (AvgIpc) is 2.11. The first kappa shape index (κ1) is 17.1. The van der Waals surface area contributed by atoms with Crippen LogP contribution in [0.2, 0.25) is 25.7 Å². The van der Waals surface area contributed by atoms with Gasteiger partial charge in [0.25, 0.3) is 10.1 Å². The smallest absolute Gasteiger partial charge is 0.264 e. The molecule has 0 fully saturated rings. The maximum Gasteiger partial charge on any atom is 0.264 e.